The SMILES string of the molecule is Cl.N#Cc1cnc(Oc2ccc(-c3nnn(CC(N)CC(=O)O)n3)c(F)c2)c(F)c1. The van der Waals surface area contributed by atoms with Crippen LogP contribution < -0.4 is 10.5 Å². The number of nitrogens with two attached hydrogens (primary N) is 1. The van der Waals surface area contributed by atoms with E-state index in [9.17, 15) is 13.6 Å². The average Bonchev–Trinajstić information content (AvgIpc) is 3.10. The van der Waals surface area contributed by atoms with Gasteiger partial charge in [-0.25, -0.2) is 13.8 Å². The molecule has 3 N–H and O–H groups in total. The highest BCUT2D eigenvalue weighted by molar-refractivity contribution is 5.85. The van der Waals surface area contributed by atoms with Gasteiger partial charge in [-0.15, -0.1) is 22.6 Å². The Bertz CT molecular complexity index is 1100. The summed E-state index contributed by atoms with van der Waals surface area (Å²) < 4.78 is 33.5. The minimum absolute atomic E-state index is 0. The van der Waals surface area contributed by atoms with Gasteiger partial charge in [-0.05, 0) is 23.4 Å². The van der Waals surface area contributed by atoms with Crippen LogP contribution in [0.2, 0.25) is 0 Å². The average molecular weight is 438 g/mol. The van der Waals surface area contributed by atoms with E-state index in [1.165, 1.54) is 12.1 Å². The normalized spacial score (nSPS) is 11.3. The molecule has 0 radical (unpaired) electrons. The van der Waals surface area contributed by atoms with Gasteiger partial charge in [0.25, 0.3) is 5.88 Å². The highest BCUT2D eigenvalue weighted by atomic mass is 35.5. The van der Waals surface area contributed by atoms with Crippen molar-refractivity contribution in [1.82, 2.24) is 25.2 Å². The number of carboxylic acids is 1. The molecule has 0 aliphatic carbocycles. The highest BCUT2D eigenvalue weighted by Crippen LogP contribution is 2.27. The fraction of sp³-hybridized carbons (Fsp3) is 0.176. The number of nitrogens with zero attached hydrogens (tertiary/aromatic N) is 6. The zero-order chi connectivity index (χ0) is 21.0. The fourth-order valence-electron chi connectivity index (χ4n) is 2.34. The molecule has 1 unspecified atom stereocenters. The summed E-state index contributed by atoms with van der Waals surface area (Å²) in [5.74, 6) is -3.17. The molecule has 0 amide bonds. The third-order valence-electron chi connectivity index (χ3n) is 3.62. The van der Waals surface area contributed by atoms with Crippen molar-refractivity contribution in [2.45, 2.75) is 19.0 Å². The van der Waals surface area contributed by atoms with Crippen LogP contribution in [0.3, 0.4) is 0 Å². The van der Waals surface area contributed by atoms with Crippen LogP contribution in [0.15, 0.2) is 30.5 Å². The number of hydrogen-bond donors (Lipinski definition) is 2. The van der Waals surface area contributed by atoms with E-state index in [0.717, 1.165) is 23.1 Å². The van der Waals surface area contributed by atoms with Crippen LogP contribution in [0.4, 0.5) is 8.78 Å². The largest absolute Gasteiger partial charge is 0.481 e. The minimum atomic E-state index is -1.06. The summed E-state index contributed by atoms with van der Waals surface area (Å²) in [5.41, 5.74) is 5.68. The fourth-order valence-corrected chi connectivity index (χ4v) is 2.34. The number of nitriles is 1. The number of aliphatic carboxylic acids is 1. The second kappa shape index (κ2) is 9.68. The van der Waals surface area contributed by atoms with Gasteiger partial charge in [-0.3, -0.25) is 4.79 Å². The maximum absolute atomic E-state index is 14.4. The molecule has 0 bridgehead atoms. The van der Waals surface area contributed by atoms with E-state index in [1.54, 1.807) is 6.07 Å². The van der Waals surface area contributed by atoms with Crippen molar-refractivity contribution >= 4 is 18.4 Å². The number of rotatable bonds is 7. The maximum atomic E-state index is 14.4. The molecule has 3 aromatic rings. The lowest BCUT2D eigenvalue weighted by Gasteiger charge is -2.07. The number of halogens is 3. The Balaban J connectivity index is 0.00000320. The summed E-state index contributed by atoms with van der Waals surface area (Å²) in [6, 6.07) is 5.61. The van der Waals surface area contributed by atoms with Gasteiger partial charge < -0.3 is 15.6 Å². The summed E-state index contributed by atoms with van der Waals surface area (Å²) in [7, 11) is 0. The Hall–Kier alpha value is -3.69. The number of carboxylic acid groups (broad SMARTS) is 1. The quantitative estimate of drug-likeness (QED) is 0.564. The first-order valence-corrected chi connectivity index (χ1v) is 8.14. The van der Waals surface area contributed by atoms with E-state index < -0.39 is 29.5 Å². The number of carbonyl (C=O) groups is 1. The lowest BCUT2D eigenvalue weighted by molar-refractivity contribution is -0.137. The van der Waals surface area contributed by atoms with Crippen molar-refractivity contribution in [2.24, 2.45) is 5.73 Å². The Kier molecular flexibility index (Phi) is 7.29. The molecule has 3 rings (SSSR count). The number of hydrogen-bond acceptors (Lipinski definition) is 8. The summed E-state index contributed by atoms with van der Waals surface area (Å²) in [5, 5.41) is 28.8. The minimum Gasteiger partial charge on any atom is -0.481 e. The summed E-state index contributed by atoms with van der Waals surface area (Å²) in [4.78, 5) is 15.4. The van der Waals surface area contributed by atoms with Gasteiger partial charge in [0, 0.05) is 18.3 Å². The monoisotopic (exact) mass is 437 g/mol. The Morgan fingerprint density at radius 1 is 1.33 bits per heavy atom. The molecule has 0 saturated heterocycles. The van der Waals surface area contributed by atoms with Crippen LogP contribution in [-0.4, -0.2) is 42.3 Å². The third-order valence-corrected chi connectivity index (χ3v) is 3.62. The summed E-state index contributed by atoms with van der Waals surface area (Å²) >= 11 is 0. The molecular weight excluding hydrogens is 424 g/mol. The Labute approximate surface area is 174 Å². The van der Waals surface area contributed by atoms with Gasteiger partial charge in [-0.2, -0.15) is 10.1 Å². The molecule has 13 heteroatoms. The first-order chi connectivity index (χ1) is 13.9. The molecular formula is C17H14ClF2N7O3. The molecule has 30 heavy (non-hydrogen) atoms. The molecule has 2 heterocycles. The van der Waals surface area contributed by atoms with Crippen molar-refractivity contribution in [3.8, 4) is 29.1 Å². The predicted molar refractivity (Wildman–Crippen MR) is 99.7 cm³/mol. The maximum Gasteiger partial charge on any atom is 0.304 e. The molecule has 0 saturated carbocycles. The van der Waals surface area contributed by atoms with Gasteiger partial charge in [0.15, 0.2) is 5.82 Å². The lowest BCUT2D eigenvalue weighted by atomic mass is 10.2. The van der Waals surface area contributed by atoms with E-state index in [1.807, 2.05) is 0 Å². The van der Waals surface area contributed by atoms with Crippen molar-refractivity contribution < 1.29 is 23.4 Å². The summed E-state index contributed by atoms with van der Waals surface area (Å²) in [6.07, 6.45) is 0.845. The van der Waals surface area contributed by atoms with E-state index in [2.05, 4.69) is 20.4 Å². The van der Waals surface area contributed by atoms with Gasteiger partial charge >= 0.3 is 5.97 Å². The zero-order valence-corrected chi connectivity index (χ0v) is 15.9. The predicted octanol–water partition coefficient (Wildman–Crippen LogP) is 1.90. The Morgan fingerprint density at radius 3 is 2.73 bits per heavy atom. The Morgan fingerprint density at radius 2 is 2.10 bits per heavy atom. The van der Waals surface area contributed by atoms with Crippen LogP contribution >= 0.6 is 12.4 Å². The zero-order valence-electron chi connectivity index (χ0n) is 15.1. The molecule has 0 spiro atoms. The number of pyridine rings is 1. The molecule has 0 fully saturated rings. The van der Waals surface area contributed by atoms with Crippen LogP contribution in [-0.2, 0) is 11.3 Å². The van der Waals surface area contributed by atoms with E-state index in [0.29, 0.717) is 0 Å². The van der Waals surface area contributed by atoms with Crippen molar-refractivity contribution in [3.05, 3.63) is 47.7 Å². The molecule has 2 aromatic heterocycles. The molecule has 0 aliphatic heterocycles. The first-order valence-electron chi connectivity index (χ1n) is 8.14. The molecule has 1 aromatic carbocycles. The van der Waals surface area contributed by atoms with E-state index >= 15 is 0 Å². The van der Waals surface area contributed by atoms with Crippen LogP contribution in [0.25, 0.3) is 11.4 Å². The van der Waals surface area contributed by atoms with Crippen molar-refractivity contribution in [2.75, 3.05) is 0 Å². The van der Waals surface area contributed by atoms with Gasteiger partial charge in [0.2, 0.25) is 5.82 Å². The second-order valence-corrected chi connectivity index (χ2v) is 5.89. The summed E-state index contributed by atoms with van der Waals surface area (Å²) in [6.45, 7) is -0.00818. The third kappa shape index (κ3) is 5.43. The van der Waals surface area contributed by atoms with Gasteiger partial charge in [0.05, 0.1) is 24.1 Å². The molecule has 10 nitrogen and oxygen atoms in total. The van der Waals surface area contributed by atoms with E-state index in [-0.39, 0.29) is 48.1 Å². The second-order valence-electron chi connectivity index (χ2n) is 5.89. The van der Waals surface area contributed by atoms with Crippen LogP contribution in [0, 0.1) is 23.0 Å². The van der Waals surface area contributed by atoms with Crippen molar-refractivity contribution in [3.63, 3.8) is 0 Å². The molecule has 1 atom stereocenters. The lowest BCUT2D eigenvalue weighted by Crippen LogP contribution is -2.30. The number of tetrazole rings is 1. The van der Waals surface area contributed by atoms with Gasteiger partial charge in [-0.1, -0.05) is 0 Å². The topological polar surface area (TPSA) is 153 Å². The van der Waals surface area contributed by atoms with Crippen molar-refractivity contribution in [1.29, 1.82) is 5.26 Å². The number of benzene rings is 1. The van der Waals surface area contributed by atoms with Crippen LogP contribution in [0.1, 0.15) is 12.0 Å². The van der Waals surface area contributed by atoms with E-state index in [4.69, 9.17) is 20.8 Å². The molecule has 0 aliphatic rings. The number of ether oxygens (including phenoxy) is 1. The first kappa shape index (κ1) is 22.6. The smallest absolute Gasteiger partial charge is 0.304 e. The van der Waals surface area contributed by atoms with Crippen LogP contribution in [0.5, 0.6) is 11.6 Å². The standard InChI is InChI=1S/C17H13F2N7O3.ClH/c18-13-5-11(29-17-14(19)3-9(6-20)7-22-17)1-2-12(13)16-23-25-26(24-16)8-10(21)4-15(27)28;/h1-3,5,7,10H,4,8,21H2,(H,27,28);1H. The van der Waals surface area contributed by atoms with Gasteiger partial charge in [0.1, 0.15) is 17.6 Å². The number of aromatic nitrogens is 5. The highest BCUT2D eigenvalue weighted by Gasteiger charge is 2.16. The molecule has 156 valence electrons.